The molecule has 0 fully saturated rings. The molecule has 0 spiro atoms. The third-order valence-electron chi connectivity index (χ3n) is 3.66. The van der Waals surface area contributed by atoms with E-state index in [1.807, 2.05) is 0 Å². The number of nitro benzene ring substituents is 2. The SMILES string of the molecule is NC(=O)NCCNc1ccc([N+](=O)[O-])cc1.NC(=O)NCCNc1ccc([N+](=O)[O-])cc1. The standard InChI is InChI=1S/2C9H12N4O3/c2*10-9(14)12-6-5-11-7-1-3-8(4-2-7)13(15)16/h2*1-4,11H,5-6H2,(H3,10,12,14). The van der Waals surface area contributed by atoms with Crippen molar-refractivity contribution in [1.82, 2.24) is 10.6 Å². The first-order chi connectivity index (χ1) is 15.2. The highest BCUT2D eigenvalue weighted by molar-refractivity contribution is 5.71. The largest absolute Gasteiger partial charge is 0.383 e. The van der Waals surface area contributed by atoms with Gasteiger partial charge in [-0.15, -0.1) is 0 Å². The molecule has 0 aliphatic carbocycles. The molecule has 32 heavy (non-hydrogen) atoms. The second-order valence-corrected chi connectivity index (χ2v) is 6.04. The van der Waals surface area contributed by atoms with Crippen LogP contribution in [0.25, 0.3) is 0 Å². The minimum atomic E-state index is -0.578. The molecule has 2 aromatic carbocycles. The second-order valence-electron chi connectivity index (χ2n) is 6.04. The molecule has 0 aromatic heterocycles. The van der Waals surface area contributed by atoms with Crippen molar-refractivity contribution >= 4 is 34.8 Å². The number of rotatable bonds is 10. The Labute approximate surface area is 182 Å². The molecule has 0 radical (unpaired) electrons. The molecule has 0 unspecified atom stereocenters. The third-order valence-corrected chi connectivity index (χ3v) is 3.66. The summed E-state index contributed by atoms with van der Waals surface area (Å²) in [6, 6.07) is 10.9. The predicted octanol–water partition coefficient (Wildman–Crippen LogP) is 1.35. The molecule has 0 atom stereocenters. The Bertz CT molecular complexity index is 829. The molecule has 2 aromatic rings. The van der Waals surface area contributed by atoms with Crippen LogP contribution in [0.2, 0.25) is 0 Å². The number of benzene rings is 2. The normalized spacial score (nSPS) is 9.50. The van der Waals surface area contributed by atoms with Gasteiger partial charge in [-0.3, -0.25) is 20.2 Å². The first-order valence-corrected chi connectivity index (χ1v) is 9.22. The number of hydrogen-bond donors (Lipinski definition) is 6. The van der Waals surface area contributed by atoms with Crippen molar-refractivity contribution in [3.05, 3.63) is 68.8 Å². The van der Waals surface area contributed by atoms with Crippen LogP contribution in [0.5, 0.6) is 0 Å². The van der Waals surface area contributed by atoms with Crippen LogP contribution in [-0.4, -0.2) is 48.1 Å². The summed E-state index contributed by atoms with van der Waals surface area (Å²) in [5.74, 6) is 0. The lowest BCUT2D eigenvalue weighted by atomic mass is 10.3. The number of amides is 4. The van der Waals surface area contributed by atoms with E-state index in [2.05, 4.69) is 21.3 Å². The second kappa shape index (κ2) is 13.6. The Morgan fingerprint density at radius 1 is 0.656 bits per heavy atom. The molecule has 14 nitrogen and oxygen atoms in total. The number of primary amides is 2. The lowest BCUT2D eigenvalue weighted by Gasteiger charge is -2.05. The molecule has 0 heterocycles. The average molecular weight is 448 g/mol. The number of nitro groups is 2. The van der Waals surface area contributed by atoms with Crippen LogP contribution in [0.15, 0.2) is 48.5 Å². The number of urea groups is 2. The van der Waals surface area contributed by atoms with Crippen molar-refractivity contribution in [3.8, 4) is 0 Å². The zero-order valence-corrected chi connectivity index (χ0v) is 16.9. The van der Waals surface area contributed by atoms with Gasteiger partial charge in [-0.1, -0.05) is 0 Å². The van der Waals surface area contributed by atoms with Gasteiger partial charge in [-0.2, -0.15) is 0 Å². The van der Waals surface area contributed by atoms with E-state index in [9.17, 15) is 29.8 Å². The third kappa shape index (κ3) is 10.8. The Kier molecular flexibility index (Phi) is 10.8. The van der Waals surface area contributed by atoms with Crippen LogP contribution in [-0.2, 0) is 0 Å². The van der Waals surface area contributed by atoms with Crippen molar-refractivity contribution < 1.29 is 19.4 Å². The van der Waals surface area contributed by atoms with Crippen molar-refractivity contribution in [2.75, 3.05) is 36.8 Å². The van der Waals surface area contributed by atoms with Crippen LogP contribution < -0.4 is 32.7 Å². The van der Waals surface area contributed by atoms with Gasteiger partial charge in [0.25, 0.3) is 11.4 Å². The van der Waals surface area contributed by atoms with Crippen molar-refractivity contribution in [3.63, 3.8) is 0 Å². The molecule has 2 rings (SSSR count). The maximum atomic E-state index is 10.4. The fourth-order valence-electron chi connectivity index (χ4n) is 2.19. The topological polar surface area (TPSA) is 221 Å². The first-order valence-electron chi connectivity index (χ1n) is 9.22. The van der Waals surface area contributed by atoms with E-state index in [1.54, 1.807) is 24.3 Å². The Morgan fingerprint density at radius 3 is 1.22 bits per heavy atom. The zero-order valence-electron chi connectivity index (χ0n) is 16.9. The minimum absolute atomic E-state index is 0.0424. The summed E-state index contributed by atoms with van der Waals surface area (Å²) >= 11 is 0. The lowest BCUT2D eigenvalue weighted by molar-refractivity contribution is -0.385. The van der Waals surface area contributed by atoms with Crippen LogP contribution >= 0.6 is 0 Å². The van der Waals surface area contributed by atoms with E-state index >= 15 is 0 Å². The fraction of sp³-hybridized carbons (Fsp3) is 0.222. The molecule has 0 aliphatic heterocycles. The number of non-ortho nitro benzene ring substituents is 2. The summed E-state index contributed by atoms with van der Waals surface area (Å²) in [6.45, 7) is 1.79. The van der Waals surface area contributed by atoms with Gasteiger partial charge in [0.1, 0.15) is 0 Å². The number of carbonyl (C=O) groups is 2. The van der Waals surface area contributed by atoms with E-state index in [1.165, 1.54) is 24.3 Å². The Balaban J connectivity index is 0.000000320. The molecule has 8 N–H and O–H groups in total. The predicted molar refractivity (Wildman–Crippen MR) is 118 cm³/mol. The number of carbonyl (C=O) groups excluding carboxylic acids is 2. The molecule has 0 saturated heterocycles. The summed E-state index contributed by atoms with van der Waals surface area (Å²) in [6.07, 6.45) is 0. The number of nitrogens with two attached hydrogens (primary N) is 2. The smallest absolute Gasteiger partial charge is 0.312 e. The molecular formula is C18H24N8O6. The maximum Gasteiger partial charge on any atom is 0.312 e. The Hall–Kier alpha value is -4.62. The van der Waals surface area contributed by atoms with Gasteiger partial charge in [0, 0.05) is 61.8 Å². The van der Waals surface area contributed by atoms with E-state index in [0.717, 1.165) is 11.4 Å². The number of nitrogens with one attached hydrogen (secondary N) is 4. The van der Waals surface area contributed by atoms with Crippen LogP contribution in [0.4, 0.5) is 32.3 Å². The highest BCUT2D eigenvalue weighted by Gasteiger charge is 2.04. The number of nitrogens with zero attached hydrogens (tertiary/aromatic N) is 2. The highest BCUT2D eigenvalue weighted by atomic mass is 16.6. The van der Waals surface area contributed by atoms with Gasteiger partial charge in [0.15, 0.2) is 0 Å². The van der Waals surface area contributed by atoms with E-state index in [4.69, 9.17) is 11.5 Å². The zero-order chi connectivity index (χ0) is 23.9. The lowest BCUT2D eigenvalue weighted by Crippen LogP contribution is -2.33. The molecule has 172 valence electrons. The van der Waals surface area contributed by atoms with Crippen LogP contribution in [0, 0.1) is 20.2 Å². The van der Waals surface area contributed by atoms with Gasteiger partial charge in [-0.25, -0.2) is 9.59 Å². The average Bonchev–Trinajstić information content (AvgIpc) is 2.75. The molecule has 4 amide bonds. The van der Waals surface area contributed by atoms with Crippen molar-refractivity contribution in [2.24, 2.45) is 11.5 Å². The van der Waals surface area contributed by atoms with E-state index < -0.39 is 21.9 Å². The molecule has 14 heteroatoms. The van der Waals surface area contributed by atoms with Crippen molar-refractivity contribution in [1.29, 1.82) is 0 Å². The fourth-order valence-corrected chi connectivity index (χ4v) is 2.19. The monoisotopic (exact) mass is 448 g/mol. The Morgan fingerprint density at radius 2 is 0.969 bits per heavy atom. The van der Waals surface area contributed by atoms with Crippen LogP contribution in [0.1, 0.15) is 0 Å². The van der Waals surface area contributed by atoms with Gasteiger partial charge in [0.2, 0.25) is 0 Å². The molecule has 0 saturated carbocycles. The summed E-state index contributed by atoms with van der Waals surface area (Å²) < 4.78 is 0. The first kappa shape index (κ1) is 25.4. The molecule has 0 bridgehead atoms. The van der Waals surface area contributed by atoms with Gasteiger partial charge in [-0.05, 0) is 24.3 Å². The summed E-state index contributed by atoms with van der Waals surface area (Å²) in [5, 5.41) is 31.5. The van der Waals surface area contributed by atoms with Gasteiger partial charge in [0.05, 0.1) is 9.85 Å². The summed E-state index contributed by atoms with van der Waals surface area (Å²) in [5.41, 5.74) is 11.3. The van der Waals surface area contributed by atoms with E-state index in [-0.39, 0.29) is 11.4 Å². The minimum Gasteiger partial charge on any atom is -0.383 e. The quantitative estimate of drug-likeness (QED) is 0.176. The van der Waals surface area contributed by atoms with Gasteiger partial charge >= 0.3 is 12.1 Å². The number of anilines is 2. The molecule has 0 aliphatic rings. The summed E-state index contributed by atoms with van der Waals surface area (Å²) in [7, 11) is 0. The van der Waals surface area contributed by atoms with Gasteiger partial charge < -0.3 is 32.7 Å². The highest BCUT2D eigenvalue weighted by Crippen LogP contribution is 2.15. The maximum absolute atomic E-state index is 10.4. The molecular weight excluding hydrogens is 424 g/mol. The summed E-state index contributed by atoms with van der Waals surface area (Å²) in [4.78, 5) is 40.5. The number of hydrogen-bond acceptors (Lipinski definition) is 8. The van der Waals surface area contributed by atoms with Crippen molar-refractivity contribution in [2.45, 2.75) is 0 Å². The van der Waals surface area contributed by atoms with E-state index in [0.29, 0.717) is 26.2 Å². The van der Waals surface area contributed by atoms with Crippen LogP contribution in [0.3, 0.4) is 0 Å².